The van der Waals surface area contributed by atoms with Gasteiger partial charge >= 0.3 is 0 Å². The van der Waals surface area contributed by atoms with E-state index in [0.717, 1.165) is 0 Å². The summed E-state index contributed by atoms with van der Waals surface area (Å²) >= 11 is 12.7. The first kappa shape index (κ1) is 24.1. The van der Waals surface area contributed by atoms with Crippen molar-refractivity contribution in [3.05, 3.63) is 57.3 Å². The van der Waals surface area contributed by atoms with Crippen molar-refractivity contribution in [2.45, 2.75) is 26.4 Å². The molecule has 0 unspecified atom stereocenters. The van der Waals surface area contributed by atoms with Gasteiger partial charge in [-0.25, -0.2) is 0 Å². The Hall–Kier alpha value is -2.58. The van der Waals surface area contributed by atoms with E-state index in [1.54, 1.807) is 58.0 Å². The van der Waals surface area contributed by atoms with Crippen molar-refractivity contribution in [3.8, 4) is 0 Å². The molecule has 32 heavy (non-hydrogen) atoms. The fourth-order valence-corrected chi connectivity index (χ4v) is 4.20. The fraction of sp³-hybridized carbons (Fsp3) is 0.304. The average molecular weight is 478 g/mol. The monoisotopic (exact) mass is 477 g/mol. The van der Waals surface area contributed by atoms with Crippen molar-refractivity contribution in [2.24, 2.45) is 0 Å². The standard InChI is InChI=1S/C23H25Cl2N3O4/c1-12-19(23(2,3)31)13-7-6-8-16(21(13)32-12)27-22(30)18-14(24)9-10-15(20(18)25)26-17(29)11-28(4)5/h6-10,31H,11H2,1-5H3,(H,26,29)(H,27,30). The number of rotatable bonds is 6. The Kier molecular flexibility index (Phi) is 6.86. The van der Waals surface area contributed by atoms with Crippen molar-refractivity contribution >= 4 is 57.4 Å². The van der Waals surface area contributed by atoms with Gasteiger partial charge in [-0.1, -0.05) is 35.3 Å². The molecule has 170 valence electrons. The maximum Gasteiger partial charge on any atom is 0.258 e. The zero-order chi connectivity index (χ0) is 23.8. The number of fused-ring (bicyclic) bond motifs is 1. The highest BCUT2D eigenvalue weighted by Crippen LogP contribution is 2.38. The highest BCUT2D eigenvalue weighted by atomic mass is 35.5. The summed E-state index contributed by atoms with van der Waals surface area (Å²) in [6.07, 6.45) is 0. The molecule has 2 amide bonds. The molecule has 0 fully saturated rings. The SMILES string of the molecule is Cc1oc2c(NC(=O)c3c(Cl)ccc(NC(=O)CN(C)C)c3Cl)cccc2c1C(C)(C)O. The second kappa shape index (κ2) is 9.11. The quantitative estimate of drug-likeness (QED) is 0.462. The number of benzene rings is 2. The van der Waals surface area contributed by atoms with Gasteiger partial charge in [0.2, 0.25) is 5.91 Å². The third-order valence-corrected chi connectivity index (χ3v) is 5.51. The van der Waals surface area contributed by atoms with Crippen LogP contribution in [0.1, 0.15) is 35.5 Å². The molecule has 0 aliphatic heterocycles. The van der Waals surface area contributed by atoms with E-state index in [1.807, 2.05) is 6.07 Å². The lowest BCUT2D eigenvalue weighted by molar-refractivity contribution is -0.116. The topological polar surface area (TPSA) is 94.8 Å². The van der Waals surface area contributed by atoms with E-state index in [-0.39, 0.29) is 33.7 Å². The third kappa shape index (κ3) is 4.91. The van der Waals surface area contributed by atoms with Gasteiger partial charge in [0.1, 0.15) is 5.76 Å². The van der Waals surface area contributed by atoms with E-state index in [0.29, 0.717) is 28.0 Å². The Morgan fingerprint density at radius 2 is 1.78 bits per heavy atom. The Morgan fingerprint density at radius 1 is 1.09 bits per heavy atom. The molecule has 3 N–H and O–H groups in total. The third-order valence-electron chi connectivity index (χ3n) is 4.80. The molecule has 0 bridgehead atoms. The number of halogens is 2. The number of furan rings is 1. The lowest BCUT2D eigenvalue weighted by Gasteiger charge is -2.17. The van der Waals surface area contributed by atoms with E-state index in [9.17, 15) is 14.7 Å². The Bertz CT molecular complexity index is 1200. The molecule has 0 spiro atoms. The lowest BCUT2D eigenvalue weighted by atomic mass is 9.95. The summed E-state index contributed by atoms with van der Waals surface area (Å²) in [5.74, 6) is -0.286. The normalized spacial score (nSPS) is 11.8. The number of likely N-dealkylation sites (N-methyl/N-ethyl adjacent to an activating group) is 1. The van der Waals surface area contributed by atoms with Gasteiger partial charge in [-0.05, 0) is 53.1 Å². The van der Waals surface area contributed by atoms with Crippen LogP contribution in [-0.4, -0.2) is 42.5 Å². The van der Waals surface area contributed by atoms with Crippen LogP contribution in [0.15, 0.2) is 34.7 Å². The zero-order valence-corrected chi connectivity index (χ0v) is 20.0. The fourth-order valence-electron chi connectivity index (χ4n) is 3.62. The van der Waals surface area contributed by atoms with Gasteiger partial charge in [0.15, 0.2) is 5.58 Å². The number of anilines is 2. The number of carbonyl (C=O) groups excluding carboxylic acids is 2. The van der Waals surface area contributed by atoms with E-state index in [4.69, 9.17) is 27.6 Å². The molecule has 0 saturated carbocycles. The molecule has 1 heterocycles. The number of aliphatic hydroxyl groups is 1. The second-order valence-corrected chi connectivity index (χ2v) is 9.08. The van der Waals surface area contributed by atoms with Crippen molar-refractivity contribution in [2.75, 3.05) is 31.3 Å². The number of carbonyl (C=O) groups is 2. The minimum atomic E-state index is -1.12. The number of nitrogens with one attached hydrogen (secondary N) is 2. The van der Waals surface area contributed by atoms with Crippen LogP contribution >= 0.6 is 23.2 Å². The number of amides is 2. The lowest BCUT2D eigenvalue weighted by Crippen LogP contribution is -2.27. The largest absolute Gasteiger partial charge is 0.459 e. The summed E-state index contributed by atoms with van der Waals surface area (Å²) in [6, 6.07) is 8.29. The number of hydrogen-bond acceptors (Lipinski definition) is 5. The minimum Gasteiger partial charge on any atom is -0.459 e. The van der Waals surface area contributed by atoms with E-state index < -0.39 is 11.5 Å². The van der Waals surface area contributed by atoms with Crippen molar-refractivity contribution in [1.82, 2.24) is 4.90 Å². The smallest absolute Gasteiger partial charge is 0.258 e. The van der Waals surface area contributed by atoms with Crippen LogP contribution in [0.4, 0.5) is 11.4 Å². The molecular weight excluding hydrogens is 453 g/mol. The maximum absolute atomic E-state index is 13.1. The first-order valence-corrected chi connectivity index (χ1v) is 10.6. The molecule has 0 atom stereocenters. The summed E-state index contributed by atoms with van der Waals surface area (Å²) in [4.78, 5) is 26.9. The van der Waals surface area contributed by atoms with Crippen LogP contribution in [0.5, 0.6) is 0 Å². The Labute approximate surface area is 196 Å². The molecule has 0 aliphatic rings. The van der Waals surface area contributed by atoms with Crippen LogP contribution in [0.25, 0.3) is 11.0 Å². The van der Waals surface area contributed by atoms with Crippen LogP contribution in [0.2, 0.25) is 10.0 Å². The van der Waals surface area contributed by atoms with Gasteiger partial charge in [0.25, 0.3) is 5.91 Å². The number of aryl methyl sites for hydroxylation is 1. The van der Waals surface area contributed by atoms with Crippen molar-refractivity contribution in [3.63, 3.8) is 0 Å². The molecule has 3 aromatic rings. The van der Waals surface area contributed by atoms with Crippen LogP contribution in [0.3, 0.4) is 0 Å². The molecule has 9 heteroatoms. The summed E-state index contributed by atoms with van der Waals surface area (Å²) < 4.78 is 5.86. The van der Waals surface area contributed by atoms with E-state index in [1.165, 1.54) is 6.07 Å². The Balaban J connectivity index is 1.97. The van der Waals surface area contributed by atoms with E-state index >= 15 is 0 Å². The molecule has 0 aliphatic carbocycles. The summed E-state index contributed by atoms with van der Waals surface area (Å²) in [5, 5.41) is 16.8. The number of para-hydroxylation sites is 1. The van der Waals surface area contributed by atoms with Gasteiger partial charge in [-0.15, -0.1) is 0 Å². The summed E-state index contributed by atoms with van der Waals surface area (Å²) in [7, 11) is 3.53. The van der Waals surface area contributed by atoms with Gasteiger partial charge in [0, 0.05) is 10.9 Å². The average Bonchev–Trinajstić information content (AvgIpc) is 3.00. The predicted molar refractivity (Wildman–Crippen MR) is 128 cm³/mol. The van der Waals surface area contributed by atoms with Crippen molar-refractivity contribution in [1.29, 1.82) is 0 Å². The summed E-state index contributed by atoms with van der Waals surface area (Å²) in [5.41, 5.74) is 0.663. The van der Waals surface area contributed by atoms with Crippen LogP contribution < -0.4 is 10.6 Å². The first-order valence-electron chi connectivity index (χ1n) is 9.89. The predicted octanol–water partition coefficient (Wildman–Crippen LogP) is 5.03. The minimum absolute atomic E-state index is 0.0268. The molecule has 2 aromatic carbocycles. The van der Waals surface area contributed by atoms with Crippen LogP contribution in [-0.2, 0) is 10.4 Å². The van der Waals surface area contributed by atoms with Crippen LogP contribution in [0, 0.1) is 6.92 Å². The number of nitrogens with zero attached hydrogens (tertiary/aromatic N) is 1. The Morgan fingerprint density at radius 3 is 2.41 bits per heavy atom. The highest BCUT2D eigenvalue weighted by Gasteiger charge is 2.27. The molecule has 3 rings (SSSR count). The maximum atomic E-state index is 13.1. The molecule has 7 nitrogen and oxygen atoms in total. The second-order valence-electron chi connectivity index (χ2n) is 8.30. The molecule has 1 aromatic heterocycles. The zero-order valence-electron chi connectivity index (χ0n) is 18.5. The first-order chi connectivity index (χ1) is 14.9. The molecule has 0 radical (unpaired) electrons. The molecular formula is C23H25Cl2N3O4. The van der Waals surface area contributed by atoms with Gasteiger partial charge in [0.05, 0.1) is 39.1 Å². The summed E-state index contributed by atoms with van der Waals surface area (Å²) in [6.45, 7) is 5.26. The highest BCUT2D eigenvalue weighted by molar-refractivity contribution is 6.42. The number of hydrogen-bond donors (Lipinski definition) is 3. The van der Waals surface area contributed by atoms with Gasteiger partial charge in [-0.3, -0.25) is 9.59 Å². The van der Waals surface area contributed by atoms with Gasteiger partial charge in [-0.2, -0.15) is 0 Å². The van der Waals surface area contributed by atoms with E-state index in [2.05, 4.69) is 10.6 Å². The van der Waals surface area contributed by atoms with Gasteiger partial charge < -0.3 is 25.1 Å². The van der Waals surface area contributed by atoms with Crippen molar-refractivity contribution < 1.29 is 19.1 Å². The molecule has 0 saturated heterocycles.